The Kier molecular flexibility index (Phi) is 4.30. The lowest BCUT2D eigenvalue weighted by Crippen LogP contribution is -2.17. The first-order valence-corrected chi connectivity index (χ1v) is 8.13. The zero-order chi connectivity index (χ0) is 13.9. The van der Waals surface area contributed by atoms with Gasteiger partial charge in [0, 0.05) is 17.4 Å². The number of carbonyl (C=O) groups is 1. The van der Waals surface area contributed by atoms with Gasteiger partial charge < -0.3 is 4.74 Å². The number of fused-ring (bicyclic) bond motifs is 1. The number of ketones is 1. The largest absolute Gasteiger partial charge is 0.492 e. The Morgan fingerprint density at radius 2 is 1.80 bits per heavy atom. The zero-order valence-electron chi connectivity index (χ0n) is 11.8. The lowest BCUT2D eigenvalue weighted by molar-refractivity contribution is 0.0895. The van der Waals surface area contributed by atoms with Crippen molar-refractivity contribution in [2.45, 2.75) is 51.4 Å². The molecule has 0 N–H and O–H groups in total. The van der Waals surface area contributed by atoms with E-state index >= 15 is 0 Å². The summed E-state index contributed by atoms with van der Waals surface area (Å²) in [5.74, 6) is 1.19. The molecule has 0 radical (unpaired) electrons. The van der Waals surface area contributed by atoms with Gasteiger partial charge in [-0.05, 0) is 30.5 Å². The number of hydrogen-bond acceptors (Lipinski definition) is 2. The summed E-state index contributed by atoms with van der Waals surface area (Å²) in [4.78, 5) is 12.8. The molecule has 0 spiro atoms. The third-order valence-corrected chi connectivity index (χ3v) is 4.71. The van der Waals surface area contributed by atoms with Crippen LogP contribution in [0.5, 0.6) is 5.75 Å². The molecule has 3 heteroatoms. The fraction of sp³-hybridized carbons (Fsp3) is 0.588. The molecular formula is C17H21ClO2. The van der Waals surface area contributed by atoms with Gasteiger partial charge in [0.05, 0.1) is 12.2 Å². The second-order valence-electron chi connectivity index (χ2n) is 5.95. The van der Waals surface area contributed by atoms with E-state index in [1.165, 1.54) is 32.1 Å². The Morgan fingerprint density at radius 1 is 1.10 bits per heavy atom. The predicted octanol–water partition coefficient (Wildman–Crippen LogP) is 4.82. The van der Waals surface area contributed by atoms with Crippen molar-refractivity contribution in [1.82, 2.24) is 0 Å². The van der Waals surface area contributed by atoms with Gasteiger partial charge in [0.25, 0.3) is 0 Å². The number of rotatable bonds is 2. The Balaban J connectivity index is 1.86. The molecule has 2 aliphatic rings. The van der Waals surface area contributed by atoms with Crippen LogP contribution in [0.3, 0.4) is 0 Å². The first-order valence-electron chi connectivity index (χ1n) is 7.75. The van der Waals surface area contributed by atoms with Crippen LogP contribution < -0.4 is 4.74 Å². The monoisotopic (exact) mass is 292 g/mol. The molecule has 1 fully saturated rings. The fourth-order valence-corrected chi connectivity index (χ4v) is 3.63. The molecule has 108 valence electrons. The van der Waals surface area contributed by atoms with Crippen molar-refractivity contribution in [3.8, 4) is 5.75 Å². The van der Waals surface area contributed by atoms with Crippen LogP contribution in [0.2, 0.25) is 5.02 Å². The molecular weight excluding hydrogens is 272 g/mol. The summed E-state index contributed by atoms with van der Waals surface area (Å²) in [6, 6.07) is 3.73. The number of benzene rings is 1. The highest BCUT2D eigenvalue weighted by Gasteiger charge is 2.27. The maximum Gasteiger partial charge on any atom is 0.169 e. The third kappa shape index (κ3) is 2.85. The highest BCUT2D eigenvalue weighted by atomic mass is 35.5. The van der Waals surface area contributed by atoms with Crippen molar-refractivity contribution >= 4 is 17.4 Å². The van der Waals surface area contributed by atoms with Gasteiger partial charge in [-0.2, -0.15) is 0 Å². The molecule has 1 heterocycles. The summed E-state index contributed by atoms with van der Waals surface area (Å²) in [5.41, 5.74) is 1.81. The van der Waals surface area contributed by atoms with Crippen LogP contribution in [0.15, 0.2) is 12.1 Å². The molecule has 0 atom stereocenters. The Hall–Kier alpha value is -1.02. The molecule has 0 bridgehead atoms. The van der Waals surface area contributed by atoms with Crippen LogP contribution in [0.4, 0.5) is 0 Å². The van der Waals surface area contributed by atoms with E-state index in [1.807, 2.05) is 6.07 Å². The highest BCUT2D eigenvalue weighted by molar-refractivity contribution is 6.31. The van der Waals surface area contributed by atoms with Gasteiger partial charge in [-0.3, -0.25) is 4.79 Å². The number of halogens is 1. The van der Waals surface area contributed by atoms with Crippen molar-refractivity contribution in [3.05, 3.63) is 28.3 Å². The van der Waals surface area contributed by atoms with Gasteiger partial charge in [0.15, 0.2) is 5.78 Å². The molecule has 20 heavy (non-hydrogen) atoms. The van der Waals surface area contributed by atoms with E-state index in [0.29, 0.717) is 11.6 Å². The van der Waals surface area contributed by atoms with Crippen LogP contribution in [0.1, 0.15) is 60.9 Å². The second kappa shape index (κ2) is 6.17. The third-order valence-electron chi connectivity index (χ3n) is 4.49. The van der Waals surface area contributed by atoms with E-state index in [-0.39, 0.29) is 11.7 Å². The van der Waals surface area contributed by atoms with Gasteiger partial charge in [-0.1, -0.05) is 43.7 Å². The molecule has 3 rings (SSSR count). The Bertz CT molecular complexity index is 502. The molecule has 0 unspecified atom stereocenters. The van der Waals surface area contributed by atoms with Crippen LogP contribution in [-0.2, 0) is 6.42 Å². The number of Topliss-reactive ketones (excluding diaryl/α,β-unsaturated/α-hetero) is 1. The minimum atomic E-state index is 0.155. The van der Waals surface area contributed by atoms with E-state index in [9.17, 15) is 4.79 Å². The zero-order valence-corrected chi connectivity index (χ0v) is 12.5. The smallest absolute Gasteiger partial charge is 0.169 e. The van der Waals surface area contributed by atoms with E-state index in [0.717, 1.165) is 36.1 Å². The van der Waals surface area contributed by atoms with Crippen molar-refractivity contribution in [2.24, 2.45) is 5.92 Å². The lowest BCUT2D eigenvalue weighted by atomic mass is 9.85. The summed E-state index contributed by atoms with van der Waals surface area (Å²) in [6.07, 6.45) is 9.06. The van der Waals surface area contributed by atoms with Crippen LogP contribution in [0.25, 0.3) is 0 Å². The quantitative estimate of drug-likeness (QED) is 0.731. The van der Waals surface area contributed by atoms with Crippen molar-refractivity contribution in [2.75, 3.05) is 6.61 Å². The van der Waals surface area contributed by atoms with E-state index in [2.05, 4.69) is 0 Å². The summed E-state index contributed by atoms with van der Waals surface area (Å²) < 4.78 is 5.67. The average Bonchev–Trinajstić information content (AvgIpc) is 2.84. The minimum Gasteiger partial charge on any atom is -0.492 e. The van der Waals surface area contributed by atoms with E-state index in [1.54, 1.807) is 6.07 Å². The number of carbonyl (C=O) groups excluding carboxylic acids is 1. The summed E-state index contributed by atoms with van der Waals surface area (Å²) >= 11 is 6.16. The summed E-state index contributed by atoms with van der Waals surface area (Å²) in [7, 11) is 0. The molecule has 1 aliphatic heterocycles. The van der Waals surface area contributed by atoms with Gasteiger partial charge in [0.1, 0.15) is 5.75 Å². The highest BCUT2D eigenvalue weighted by Crippen LogP contribution is 2.36. The first kappa shape index (κ1) is 13.9. The molecule has 1 aliphatic carbocycles. The molecule has 1 aromatic carbocycles. The lowest BCUT2D eigenvalue weighted by Gasteiger charge is -2.19. The van der Waals surface area contributed by atoms with Gasteiger partial charge >= 0.3 is 0 Å². The van der Waals surface area contributed by atoms with Crippen LogP contribution >= 0.6 is 11.6 Å². The van der Waals surface area contributed by atoms with Crippen molar-refractivity contribution in [1.29, 1.82) is 0 Å². The Morgan fingerprint density at radius 3 is 2.55 bits per heavy atom. The normalized spacial score (nSPS) is 19.9. The summed E-state index contributed by atoms with van der Waals surface area (Å²) in [6.45, 7) is 0.667. The molecule has 1 aromatic rings. The Labute approximate surface area is 125 Å². The summed E-state index contributed by atoms with van der Waals surface area (Å²) in [5, 5.41) is 0.656. The van der Waals surface area contributed by atoms with E-state index in [4.69, 9.17) is 16.3 Å². The van der Waals surface area contributed by atoms with Crippen molar-refractivity contribution < 1.29 is 9.53 Å². The average molecular weight is 293 g/mol. The van der Waals surface area contributed by atoms with Crippen LogP contribution in [0, 0.1) is 5.92 Å². The number of hydrogen-bond donors (Lipinski definition) is 0. The topological polar surface area (TPSA) is 26.3 Å². The minimum absolute atomic E-state index is 0.155. The van der Waals surface area contributed by atoms with Gasteiger partial charge in [-0.25, -0.2) is 0 Å². The molecule has 0 saturated heterocycles. The fourth-order valence-electron chi connectivity index (χ4n) is 3.39. The SMILES string of the molecule is O=C(c1cc(Cl)cc2c1OCC2)C1CCCCCCC1. The number of ether oxygens (including phenoxy) is 1. The van der Waals surface area contributed by atoms with Gasteiger partial charge in [0.2, 0.25) is 0 Å². The van der Waals surface area contributed by atoms with Crippen LogP contribution in [-0.4, -0.2) is 12.4 Å². The maximum atomic E-state index is 12.8. The standard InChI is InChI=1S/C17H21ClO2/c18-14-10-13-8-9-20-17(13)15(11-14)16(19)12-6-4-2-1-3-5-7-12/h10-12H,1-9H2. The van der Waals surface area contributed by atoms with E-state index < -0.39 is 0 Å². The molecule has 2 nitrogen and oxygen atoms in total. The molecule has 0 aromatic heterocycles. The first-order chi connectivity index (χ1) is 9.75. The maximum absolute atomic E-state index is 12.8. The molecule has 0 amide bonds. The van der Waals surface area contributed by atoms with Crippen molar-refractivity contribution in [3.63, 3.8) is 0 Å². The predicted molar refractivity (Wildman–Crippen MR) is 80.8 cm³/mol. The second-order valence-corrected chi connectivity index (χ2v) is 6.38. The molecule has 1 saturated carbocycles. The van der Waals surface area contributed by atoms with Gasteiger partial charge in [-0.15, -0.1) is 0 Å².